The van der Waals surface area contributed by atoms with E-state index in [9.17, 15) is 0 Å². The highest BCUT2D eigenvalue weighted by atomic mass is 15.2. The molecule has 1 aromatic rings. The predicted molar refractivity (Wildman–Crippen MR) is 63.5 cm³/mol. The minimum absolute atomic E-state index is 0.460. The Bertz CT molecular complexity index is 305. The molecule has 0 radical (unpaired) electrons. The smallest absolute Gasteiger partial charge is 0.0279 e. The van der Waals surface area contributed by atoms with E-state index in [0.717, 1.165) is 0 Å². The summed E-state index contributed by atoms with van der Waals surface area (Å²) in [6, 6.07) is 9.34. The van der Waals surface area contributed by atoms with Crippen molar-refractivity contribution in [3.63, 3.8) is 0 Å². The normalized spacial score (nSPS) is 26.5. The third-order valence-electron chi connectivity index (χ3n) is 3.49. The number of aryl methyl sites for hydroxylation is 1. The van der Waals surface area contributed by atoms with Gasteiger partial charge in [0.15, 0.2) is 0 Å². The molecule has 0 bridgehead atoms. The van der Waals surface area contributed by atoms with E-state index in [1.54, 1.807) is 0 Å². The average Bonchev–Trinajstić information content (AvgIpc) is 2.30. The van der Waals surface area contributed by atoms with E-state index < -0.39 is 0 Å². The molecule has 1 aliphatic rings. The molecule has 1 aliphatic carbocycles. The van der Waals surface area contributed by atoms with E-state index in [2.05, 4.69) is 36.6 Å². The van der Waals surface area contributed by atoms with Gasteiger partial charge >= 0.3 is 0 Å². The quantitative estimate of drug-likeness (QED) is 0.574. The fraction of sp³-hybridized carbons (Fsp3) is 0.538. The Kier molecular flexibility index (Phi) is 3.39. The molecule has 1 aromatic carbocycles. The lowest BCUT2D eigenvalue weighted by molar-refractivity contribution is 0.331. The zero-order chi connectivity index (χ0) is 10.7. The van der Waals surface area contributed by atoms with Gasteiger partial charge in [-0.2, -0.15) is 0 Å². The molecule has 0 amide bonds. The maximum atomic E-state index is 5.61. The lowest BCUT2D eigenvalue weighted by atomic mass is 9.80. The second-order valence-corrected chi connectivity index (χ2v) is 4.57. The van der Waals surface area contributed by atoms with Crippen molar-refractivity contribution in [2.75, 3.05) is 0 Å². The summed E-state index contributed by atoms with van der Waals surface area (Å²) >= 11 is 0. The summed E-state index contributed by atoms with van der Waals surface area (Å²) in [5.74, 6) is 6.21. The number of hydrazine groups is 1. The van der Waals surface area contributed by atoms with Gasteiger partial charge in [0.1, 0.15) is 0 Å². The number of nitrogens with one attached hydrogen (secondary N) is 1. The van der Waals surface area contributed by atoms with Gasteiger partial charge in [0.2, 0.25) is 0 Å². The number of hydrogen-bond donors (Lipinski definition) is 2. The number of hydrogen-bond acceptors (Lipinski definition) is 2. The molecule has 0 aromatic heterocycles. The van der Waals surface area contributed by atoms with E-state index in [1.165, 1.54) is 36.8 Å². The standard InChI is InChI=1S/C13H20N2/c1-10-6-8-11(9-7-10)12-4-2-3-5-13(12)15-14/h6-9,12-13,15H,2-5,14H2,1H3/t12-,13-/m0/s1. The van der Waals surface area contributed by atoms with Crippen molar-refractivity contribution in [3.05, 3.63) is 35.4 Å². The van der Waals surface area contributed by atoms with E-state index >= 15 is 0 Å². The molecule has 0 spiro atoms. The van der Waals surface area contributed by atoms with Gasteiger partial charge in [-0.15, -0.1) is 0 Å². The van der Waals surface area contributed by atoms with E-state index in [1.807, 2.05) is 0 Å². The van der Waals surface area contributed by atoms with Crippen LogP contribution in [0.5, 0.6) is 0 Å². The maximum absolute atomic E-state index is 5.61. The Morgan fingerprint density at radius 3 is 2.47 bits per heavy atom. The van der Waals surface area contributed by atoms with Crippen LogP contribution in [0.25, 0.3) is 0 Å². The molecule has 2 atom stereocenters. The van der Waals surface area contributed by atoms with Gasteiger partial charge < -0.3 is 0 Å². The molecule has 0 saturated heterocycles. The Labute approximate surface area is 91.8 Å². The van der Waals surface area contributed by atoms with Crippen LogP contribution in [-0.2, 0) is 0 Å². The summed E-state index contributed by atoms with van der Waals surface area (Å²) in [6.45, 7) is 2.13. The van der Waals surface area contributed by atoms with Crippen LogP contribution >= 0.6 is 0 Å². The van der Waals surface area contributed by atoms with Crippen LogP contribution in [-0.4, -0.2) is 6.04 Å². The predicted octanol–water partition coefficient (Wildman–Crippen LogP) is 2.48. The molecule has 15 heavy (non-hydrogen) atoms. The summed E-state index contributed by atoms with van der Waals surface area (Å²) in [6.07, 6.45) is 5.10. The Morgan fingerprint density at radius 2 is 1.80 bits per heavy atom. The largest absolute Gasteiger partial charge is 0.271 e. The first-order chi connectivity index (χ1) is 7.31. The topological polar surface area (TPSA) is 38.0 Å². The molecule has 0 aliphatic heterocycles. The van der Waals surface area contributed by atoms with Crippen LogP contribution < -0.4 is 11.3 Å². The zero-order valence-corrected chi connectivity index (χ0v) is 9.37. The molecular formula is C13H20N2. The summed E-state index contributed by atoms with van der Waals surface area (Å²) in [5, 5.41) is 0. The van der Waals surface area contributed by atoms with Crippen LogP contribution in [0.15, 0.2) is 24.3 Å². The van der Waals surface area contributed by atoms with Crippen LogP contribution in [0.3, 0.4) is 0 Å². The van der Waals surface area contributed by atoms with Crippen LogP contribution in [0.2, 0.25) is 0 Å². The third kappa shape index (κ3) is 2.39. The third-order valence-corrected chi connectivity index (χ3v) is 3.49. The Balaban J connectivity index is 2.16. The van der Waals surface area contributed by atoms with Crippen LogP contribution in [0.1, 0.15) is 42.7 Å². The lowest BCUT2D eigenvalue weighted by Crippen LogP contribution is -2.41. The molecule has 1 fully saturated rings. The summed E-state index contributed by atoms with van der Waals surface area (Å²) in [5.41, 5.74) is 5.73. The highest BCUT2D eigenvalue weighted by Gasteiger charge is 2.25. The molecule has 2 rings (SSSR count). The Hall–Kier alpha value is -0.860. The first kappa shape index (κ1) is 10.7. The van der Waals surface area contributed by atoms with E-state index in [4.69, 9.17) is 5.84 Å². The first-order valence-electron chi connectivity index (χ1n) is 5.84. The van der Waals surface area contributed by atoms with Gasteiger partial charge in [-0.1, -0.05) is 42.7 Å². The number of rotatable bonds is 2. The SMILES string of the molecule is Cc1ccc([C@@H]2CCCC[C@@H]2NN)cc1. The fourth-order valence-electron chi connectivity index (χ4n) is 2.54. The van der Waals surface area contributed by atoms with Crippen molar-refractivity contribution in [2.24, 2.45) is 5.84 Å². The molecule has 82 valence electrons. The van der Waals surface area contributed by atoms with Crippen molar-refractivity contribution in [1.29, 1.82) is 0 Å². The summed E-state index contributed by atoms with van der Waals surface area (Å²) in [7, 11) is 0. The van der Waals surface area contributed by atoms with Gasteiger partial charge in [-0.25, -0.2) is 0 Å². The van der Waals surface area contributed by atoms with Gasteiger partial charge in [0.25, 0.3) is 0 Å². The molecule has 0 unspecified atom stereocenters. The summed E-state index contributed by atoms with van der Waals surface area (Å²) < 4.78 is 0. The fourth-order valence-corrected chi connectivity index (χ4v) is 2.54. The number of nitrogens with two attached hydrogens (primary N) is 1. The lowest BCUT2D eigenvalue weighted by Gasteiger charge is -2.31. The Morgan fingerprint density at radius 1 is 1.13 bits per heavy atom. The second kappa shape index (κ2) is 4.77. The van der Waals surface area contributed by atoms with Crippen molar-refractivity contribution in [2.45, 2.75) is 44.6 Å². The zero-order valence-electron chi connectivity index (χ0n) is 9.37. The van der Waals surface area contributed by atoms with Crippen molar-refractivity contribution in [3.8, 4) is 0 Å². The highest BCUT2D eigenvalue weighted by Crippen LogP contribution is 2.32. The molecule has 0 heterocycles. The monoisotopic (exact) mass is 204 g/mol. The van der Waals surface area contributed by atoms with Gasteiger partial charge in [0, 0.05) is 12.0 Å². The first-order valence-corrected chi connectivity index (χ1v) is 5.84. The van der Waals surface area contributed by atoms with Gasteiger partial charge in [-0.3, -0.25) is 11.3 Å². The molecular weight excluding hydrogens is 184 g/mol. The molecule has 2 heteroatoms. The van der Waals surface area contributed by atoms with Crippen LogP contribution in [0, 0.1) is 6.92 Å². The number of benzene rings is 1. The minimum atomic E-state index is 0.460. The van der Waals surface area contributed by atoms with Crippen molar-refractivity contribution >= 4 is 0 Å². The average molecular weight is 204 g/mol. The van der Waals surface area contributed by atoms with E-state index in [0.29, 0.717) is 12.0 Å². The molecule has 2 nitrogen and oxygen atoms in total. The van der Waals surface area contributed by atoms with Gasteiger partial charge in [0.05, 0.1) is 0 Å². The minimum Gasteiger partial charge on any atom is -0.271 e. The molecule has 3 N–H and O–H groups in total. The summed E-state index contributed by atoms with van der Waals surface area (Å²) in [4.78, 5) is 0. The second-order valence-electron chi connectivity index (χ2n) is 4.57. The van der Waals surface area contributed by atoms with Gasteiger partial charge in [-0.05, 0) is 25.3 Å². The van der Waals surface area contributed by atoms with Crippen molar-refractivity contribution in [1.82, 2.24) is 5.43 Å². The maximum Gasteiger partial charge on any atom is 0.0279 e. The van der Waals surface area contributed by atoms with Crippen LogP contribution in [0.4, 0.5) is 0 Å². The van der Waals surface area contributed by atoms with Crippen molar-refractivity contribution < 1.29 is 0 Å². The highest BCUT2D eigenvalue weighted by molar-refractivity contribution is 5.26. The van der Waals surface area contributed by atoms with E-state index in [-0.39, 0.29) is 0 Å². The molecule has 1 saturated carbocycles.